The lowest BCUT2D eigenvalue weighted by atomic mass is 10.1. The van der Waals surface area contributed by atoms with E-state index >= 15 is 0 Å². The lowest BCUT2D eigenvalue weighted by Gasteiger charge is -2.27. The summed E-state index contributed by atoms with van der Waals surface area (Å²) in [5.41, 5.74) is 0.186. The van der Waals surface area contributed by atoms with E-state index in [2.05, 4.69) is 0 Å². The Morgan fingerprint density at radius 3 is 2.71 bits per heavy atom. The van der Waals surface area contributed by atoms with Crippen LogP contribution >= 0.6 is 0 Å². The summed E-state index contributed by atoms with van der Waals surface area (Å²) >= 11 is 0. The van der Waals surface area contributed by atoms with Crippen LogP contribution in [0, 0.1) is 0 Å². The van der Waals surface area contributed by atoms with Gasteiger partial charge in [0.1, 0.15) is 0 Å². The van der Waals surface area contributed by atoms with E-state index < -0.39 is 11.7 Å². The summed E-state index contributed by atoms with van der Waals surface area (Å²) in [6.45, 7) is 0.496. The monoisotopic (exact) mass is 199 g/mol. The van der Waals surface area contributed by atoms with E-state index in [1.807, 2.05) is 12.2 Å². The van der Waals surface area contributed by atoms with Crippen LogP contribution in [0.3, 0.4) is 0 Å². The van der Waals surface area contributed by atoms with E-state index in [9.17, 15) is 13.2 Å². The Labute approximate surface area is 79.5 Å². The van der Waals surface area contributed by atoms with Crippen molar-refractivity contribution < 1.29 is 13.2 Å². The third-order valence-electron chi connectivity index (χ3n) is 2.09. The first-order chi connectivity index (χ1) is 6.57. The van der Waals surface area contributed by atoms with Crippen LogP contribution in [0.4, 0.5) is 13.2 Å². The number of alkyl halides is 3. The molecule has 0 amide bonds. The molecule has 2 heterocycles. The van der Waals surface area contributed by atoms with E-state index in [0.29, 0.717) is 6.54 Å². The summed E-state index contributed by atoms with van der Waals surface area (Å²) in [4.78, 5) is 1.57. The van der Waals surface area contributed by atoms with Crippen LogP contribution in [0.1, 0.15) is 0 Å². The summed E-state index contributed by atoms with van der Waals surface area (Å²) < 4.78 is 36.9. The summed E-state index contributed by atoms with van der Waals surface area (Å²) in [5, 5.41) is 0. The maximum atomic E-state index is 12.3. The molecule has 0 radical (unpaired) electrons. The minimum absolute atomic E-state index is 0.496. The van der Waals surface area contributed by atoms with Crippen LogP contribution in [0.5, 0.6) is 0 Å². The third-order valence-corrected chi connectivity index (χ3v) is 2.09. The molecule has 74 valence electrons. The van der Waals surface area contributed by atoms with Gasteiger partial charge < -0.3 is 4.90 Å². The molecule has 1 nitrogen and oxygen atoms in total. The van der Waals surface area contributed by atoms with Gasteiger partial charge in [0.05, 0.1) is 5.57 Å². The van der Waals surface area contributed by atoms with E-state index in [1.54, 1.807) is 11.0 Å². The van der Waals surface area contributed by atoms with Gasteiger partial charge in [-0.15, -0.1) is 0 Å². The number of halogens is 3. The van der Waals surface area contributed by atoms with Gasteiger partial charge in [0.2, 0.25) is 0 Å². The molecule has 0 unspecified atom stereocenters. The fourth-order valence-corrected chi connectivity index (χ4v) is 1.37. The van der Waals surface area contributed by atoms with Gasteiger partial charge in [-0.2, -0.15) is 13.2 Å². The maximum Gasteiger partial charge on any atom is 0.417 e. The molecule has 0 aromatic rings. The van der Waals surface area contributed by atoms with Crippen molar-refractivity contribution in [3.63, 3.8) is 0 Å². The Morgan fingerprint density at radius 2 is 2.00 bits per heavy atom. The van der Waals surface area contributed by atoms with Crippen molar-refractivity contribution in [1.82, 2.24) is 4.90 Å². The van der Waals surface area contributed by atoms with Crippen LogP contribution in [0.25, 0.3) is 0 Å². The first kappa shape index (κ1) is 9.12. The zero-order chi connectivity index (χ0) is 10.2. The molecule has 0 atom stereocenters. The van der Waals surface area contributed by atoms with Gasteiger partial charge in [-0.1, -0.05) is 12.2 Å². The Kier molecular flexibility index (Phi) is 1.98. The molecule has 14 heavy (non-hydrogen) atoms. The first-order valence-electron chi connectivity index (χ1n) is 4.18. The topological polar surface area (TPSA) is 3.24 Å². The normalized spacial score (nSPS) is 20.4. The Balaban J connectivity index is 2.29. The Morgan fingerprint density at radius 1 is 1.21 bits per heavy atom. The smallest absolute Gasteiger partial charge is 0.344 e. The standard InChI is InChI=1S/C10H8F3N/c11-10(12,13)8-4-5-9-3-1-2-6-14(9)7-8/h1-5,7H,6H2. The second kappa shape index (κ2) is 3.04. The summed E-state index contributed by atoms with van der Waals surface area (Å²) in [6.07, 6.45) is 4.88. The molecule has 2 rings (SSSR count). The van der Waals surface area contributed by atoms with Crippen molar-refractivity contribution >= 4 is 0 Å². The van der Waals surface area contributed by atoms with E-state index in [4.69, 9.17) is 0 Å². The molecule has 0 fully saturated rings. The predicted molar refractivity (Wildman–Crippen MR) is 47.2 cm³/mol. The summed E-state index contributed by atoms with van der Waals surface area (Å²) in [5.74, 6) is 0. The van der Waals surface area contributed by atoms with Crippen LogP contribution in [0.15, 0.2) is 47.9 Å². The summed E-state index contributed by atoms with van der Waals surface area (Å²) in [6, 6.07) is 0. The number of nitrogens with zero attached hydrogens (tertiary/aromatic N) is 1. The second-order valence-corrected chi connectivity index (χ2v) is 3.09. The third kappa shape index (κ3) is 1.60. The molecule has 0 aromatic heterocycles. The van der Waals surface area contributed by atoms with Crippen molar-refractivity contribution in [2.45, 2.75) is 6.18 Å². The van der Waals surface area contributed by atoms with Crippen molar-refractivity contribution in [2.24, 2.45) is 0 Å². The number of rotatable bonds is 0. The Hall–Kier alpha value is -1.45. The van der Waals surface area contributed by atoms with Crippen molar-refractivity contribution in [3.05, 3.63) is 47.9 Å². The molecular weight excluding hydrogens is 191 g/mol. The molecule has 0 saturated heterocycles. The van der Waals surface area contributed by atoms with Crippen LogP contribution < -0.4 is 0 Å². The molecule has 0 spiro atoms. The second-order valence-electron chi connectivity index (χ2n) is 3.09. The van der Waals surface area contributed by atoms with E-state index in [0.717, 1.165) is 18.0 Å². The Bertz CT molecular complexity index is 358. The lowest BCUT2D eigenvalue weighted by molar-refractivity contribution is -0.0893. The highest BCUT2D eigenvalue weighted by atomic mass is 19.4. The predicted octanol–water partition coefficient (Wildman–Crippen LogP) is 2.76. The molecule has 0 saturated carbocycles. The van der Waals surface area contributed by atoms with Gasteiger partial charge in [-0.05, 0) is 18.2 Å². The molecule has 2 aliphatic heterocycles. The quantitative estimate of drug-likeness (QED) is 0.579. The number of fused-ring (bicyclic) bond motifs is 1. The lowest BCUT2D eigenvalue weighted by Crippen LogP contribution is -2.24. The zero-order valence-corrected chi connectivity index (χ0v) is 7.25. The first-order valence-corrected chi connectivity index (χ1v) is 4.18. The van der Waals surface area contributed by atoms with Crippen LogP contribution in [-0.4, -0.2) is 17.6 Å². The summed E-state index contributed by atoms with van der Waals surface area (Å²) in [7, 11) is 0. The highest BCUT2D eigenvalue weighted by Gasteiger charge is 2.33. The number of allylic oxidation sites excluding steroid dienone is 5. The highest BCUT2D eigenvalue weighted by Crippen LogP contribution is 2.31. The van der Waals surface area contributed by atoms with E-state index in [-0.39, 0.29) is 0 Å². The van der Waals surface area contributed by atoms with Crippen molar-refractivity contribution in [3.8, 4) is 0 Å². The van der Waals surface area contributed by atoms with Crippen LogP contribution in [-0.2, 0) is 0 Å². The molecule has 0 bridgehead atoms. The van der Waals surface area contributed by atoms with Crippen molar-refractivity contribution in [1.29, 1.82) is 0 Å². The molecule has 0 aromatic carbocycles. The van der Waals surface area contributed by atoms with Gasteiger partial charge in [-0.3, -0.25) is 0 Å². The zero-order valence-electron chi connectivity index (χ0n) is 7.25. The largest absolute Gasteiger partial charge is 0.417 e. The van der Waals surface area contributed by atoms with Crippen molar-refractivity contribution in [2.75, 3.05) is 6.54 Å². The minimum Gasteiger partial charge on any atom is -0.344 e. The fourth-order valence-electron chi connectivity index (χ4n) is 1.37. The van der Waals surface area contributed by atoms with E-state index in [1.165, 1.54) is 6.08 Å². The number of hydrogen-bond acceptors (Lipinski definition) is 1. The molecule has 0 N–H and O–H groups in total. The van der Waals surface area contributed by atoms with Gasteiger partial charge >= 0.3 is 6.18 Å². The molecule has 4 heteroatoms. The average Bonchev–Trinajstić information content (AvgIpc) is 2.16. The van der Waals surface area contributed by atoms with Crippen LogP contribution in [0.2, 0.25) is 0 Å². The molecular formula is C10H8F3N. The van der Waals surface area contributed by atoms with Gasteiger partial charge in [-0.25, -0.2) is 0 Å². The minimum atomic E-state index is -4.26. The fraction of sp³-hybridized carbons (Fsp3) is 0.200. The SMILES string of the molecule is FC(F)(F)C1=CN2CC=CC=C2C=C1. The van der Waals surface area contributed by atoms with Gasteiger partial charge in [0, 0.05) is 18.4 Å². The molecule has 0 aliphatic carbocycles. The average molecular weight is 199 g/mol. The molecule has 2 aliphatic rings. The van der Waals surface area contributed by atoms with Gasteiger partial charge in [0.25, 0.3) is 0 Å². The number of hydrogen-bond donors (Lipinski definition) is 0. The van der Waals surface area contributed by atoms with Gasteiger partial charge in [0.15, 0.2) is 0 Å². The maximum absolute atomic E-state index is 12.3. The highest BCUT2D eigenvalue weighted by molar-refractivity contribution is 5.39.